The summed E-state index contributed by atoms with van der Waals surface area (Å²) in [5, 5.41) is 22.6. The number of carboxylic acid groups (broad SMARTS) is 1. The molecule has 0 spiro atoms. The number of benzene rings is 1. The van der Waals surface area contributed by atoms with Gasteiger partial charge in [0.2, 0.25) is 0 Å². The molecule has 1 aliphatic rings. The van der Waals surface area contributed by atoms with Gasteiger partial charge in [-0.3, -0.25) is 14.9 Å². The zero-order valence-corrected chi connectivity index (χ0v) is 12.1. The summed E-state index contributed by atoms with van der Waals surface area (Å²) in [7, 11) is 0. The molecule has 0 bridgehead atoms. The normalized spacial score (nSPS) is 15.9. The highest BCUT2D eigenvalue weighted by atomic mass is 32.2. The molecule has 21 heavy (non-hydrogen) atoms. The van der Waals surface area contributed by atoms with Crippen molar-refractivity contribution >= 4 is 29.3 Å². The number of hydrogen-bond acceptors (Lipinski definition) is 5. The van der Waals surface area contributed by atoms with Crippen LogP contribution in [0.1, 0.15) is 29.6 Å². The minimum absolute atomic E-state index is 0.0898. The van der Waals surface area contributed by atoms with Crippen molar-refractivity contribution in [2.45, 2.75) is 29.7 Å². The maximum Gasteiger partial charge on any atom is 0.329 e. The number of aliphatic carboxylic acids is 1. The summed E-state index contributed by atoms with van der Waals surface area (Å²) >= 11 is 1.21. The zero-order valence-electron chi connectivity index (χ0n) is 11.3. The number of carbonyl (C=O) groups is 2. The predicted molar refractivity (Wildman–Crippen MR) is 76.6 cm³/mol. The van der Waals surface area contributed by atoms with Crippen LogP contribution in [0.5, 0.6) is 0 Å². The molecule has 2 N–H and O–H groups in total. The van der Waals surface area contributed by atoms with Crippen LogP contribution in [0.25, 0.3) is 0 Å². The van der Waals surface area contributed by atoms with Gasteiger partial charge < -0.3 is 10.4 Å². The molecule has 0 heterocycles. The van der Waals surface area contributed by atoms with Gasteiger partial charge in [0.1, 0.15) is 5.54 Å². The SMILES string of the molecule is CSc1ccc(C(=O)NC2(C(=O)O)CCC2)cc1[N+](=O)[O-]. The quantitative estimate of drug-likeness (QED) is 0.489. The molecule has 112 valence electrons. The topological polar surface area (TPSA) is 110 Å². The molecule has 0 unspecified atom stereocenters. The molecule has 0 aromatic heterocycles. The number of thioether (sulfide) groups is 1. The Kier molecular flexibility index (Phi) is 4.17. The summed E-state index contributed by atoms with van der Waals surface area (Å²) in [4.78, 5) is 34.2. The molecule has 0 aliphatic heterocycles. The van der Waals surface area contributed by atoms with Gasteiger partial charge in [-0.25, -0.2) is 4.79 Å². The first kappa shape index (κ1) is 15.3. The van der Waals surface area contributed by atoms with Crippen molar-refractivity contribution in [2.24, 2.45) is 0 Å². The van der Waals surface area contributed by atoms with E-state index in [1.54, 1.807) is 6.26 Å². The fourth-order valence-corrected chi connectivity index (χ4v) is 2.73. The van der Waals surface area contributed by atoms with Crippen LogP contribution in [0.3, 0.4) is 0 Å². The third kappa shape index (κ3) is 2.85. The first-order valence-corrected chi connectivity index (χ1v) is 7.50. The van der Waals surface area contributed by atoms with Crippen molar-refractivity contribution in [3.8, 4) is 0 Å². The van der Waals surface area contributed by atoms with Crippen LogP contribution in [0, 0.1) is 10.1 Å². The number of carbonyl (C=O) groups excluding carboxylic acids is 1. The fourth-order valence-electron chi connectivity index (χ4n) is 2.19. The van der Waals surface area contributed by atoms with E-state index in [2.05, 4.69) is 5.32 Å². The minimum Gasteiger partial charge on any atom is -0.480 e. The van der Waals surface area contributed by atoms with E-state index in [1.165, 1.54) is 30.0 Å². The Labute approximate surface area is 124 Å². The highest BCUT2D eigenvalue weighted by Crippen LogP contribution is 2.33. The zero-order chi connectivity index (χ0) is 15.6. The van der Waals surface area contributed by atoms with Gasteiger partial charge in [-0.2, -0.15) is 0 Å². The second-order valence-electron chi connectivity index (χ2n) is 4.84. The van der Waals surface area contributed by atoms with E-state index in [0.717, 1.165) is 6.42 Å². The molecule has 0 atom stereocenters. The Morgan fingerprint density at radius 1 is 1.43 bits per heavy atom. The number of nitrogens with one attached hydrogen (secondary N) is 1. The van der Waals surface area contributed by atoms with E-state index in [1.807, 2.05) is 0 Å². The van der Waals surface area contributed by atoms with E-state index < -0.39 is 22.3 Å². The van der Waals surface area contributed by atoms with Gasteiger partial charge in [-0.1, -0.05) is 0 Å². The second-order valence-corrected chi connectivity index (χ2v) is 5.69. The minimum atomic E-state index is -1.23. The summed E-state index contributed by atoms with van der Waals surface area (Å²) in [6.45, 7) is 0. The van der Waals surface area contributed by atoms with Crippen LogP contribution in [0.4, 0.5) is 5.69 Å². The maximum absolute atomic E-state index is 12.1. The Morgan fingerprint density at radius 2 is 2.10 bits per heavy atom. The molecule has 1 aromatic rings. The lowest BCUT2D eigenvalue weighted by atomic mass is 9.76. The Balaban J connectivity index is 2.26. The Morgan fingerprint density at radius 3 is 2.52 bits per heavy atom. The number of amides is 1. The average Bonchev–Trinajstić information content (AvgIpc) is 2.41. The monoisotopic (exact) mass is 310 g/mol. The third-order valence-corrected chi connectivity index (χ3v) is 4.39. The van der Waals surface area contributed by atoms with Gasteiger partial charge in [-0.05, 0) is 37.7 Å². The fraction of sp³-hybridized carbons (Fsp3) is 0.385. The smallest absolute Gasteiger partial charge is 0.329 e. The molecule has 1 amide bonds. The standard InChI is InChI=1S/C13H14N2O5S/c1-21-10-4-3-8(7-9(10)15(19)20)11(16)14-13(12(17)18)5-2-6-13/h3-4,7H,2,5-6H2,1H3,(H,14,16)(H,17,18). The van der Waals surface area contributed by atoms with E-state index in [-0.39, 0.29) is 11.3 Å². The van der Waals surface area contributed by atoms with Crippen LogP contribution in [0.2, 0.25) is 0 Å². The van der Waals surface area contributed by atoms with Crippen molar-refractivity contribution < 1.29 is 19.6 Å². The largest absolute Gasteiger partial charge is 0.480 e. The predicted octanol–water partition coefficient (Wildman–Crippen LogP) is 2.05. The van der Waals surface area contributed by atoms with E-state index in [4.69, 9.17) is 0 Å². The maximum atomic E-state index is 12.1. The molecular formula is C13H14N2O5S. The first-order valence-electron chi connectivity index (χ1n) is 6.28. The van der Waals surface area contributed by atoms with E-state index >= 15 is 0 Å². The molecule has 1 saturated carbocycles. The lowest BCUT2D eigenvalue weighted by Crippen LogP contribution is -2.59. The van der Waals surface area contributed by atoms with Crippen molar-refractivity contribution in [1.82, 2.24) is 5.32 Å². The Hall–Kier alpha value is -2.09. The number of nitrogens with zero attached hydrogens (tertiary/aromatic N) is 1. The van der Waals surface area contributed by atoms with Gasteiger partial charge in [0.15, 0.2) is 0 Å². The third-order valence-electron chi connectivity index (χ3n) is 3.61. The van der Waals surface area contributed by atoms with Crippen LogP contribution >= 0.6 is 11.8 Å². The Bertz CT molecular complexity index is 613. The molecule has 1 aliphatic carbocycles. The van der Waals surface area contributed by atoms with Gasteiger partial charge in [-0.15, -0.1) is 11.8 Å². The van der Waals surface area contributed by atoms with Gasteiger partial charge >= 0.3 is 5.97 Å². The van der Waals surface area contributed by atoms with Crippen LogP contribution in [-0.2, 0) is 4.79 Å². The lowest BCUT2D eigenvalue weighted by molar-refractivity contribution is -0.387. The number of hydrogen-bond donors (Lipinski definition) is 2. The molecule has 2 rings (SSSR count). The van der Waals surface area contributed by atoms with Crippen LogP contribution in [-0.4, -0.2) is 33.7 Å². The first-order chi connectivity index (χ1) is 9.89. The van der Waals surface area contributed by atoms with E-state index in [0.29, 0.717) is 17.7 Å². The molecule has 0 radical (unpaired) electrons. The number of nitro groups is 1. The molecule has 7 nitrogen and oxygen atoms in total. The van der Waals surface area contributed by atoms with Gasteiger partial charge in [0.25, 0.3) is 11.6 Å². The highest BCUT2D eigenvalue weighted by Gasteiger charge is 2.45. The summed E-state index contributed by atoms with van der Waals surface area (Å²) in [6.07, 6.45) is 3.19. The lowest BCUT2D eigenvalue weighted by Gasteiger charge is -2.38. The van der Waals surface area contributed by atoms with Crippen molar-refractivity contribution in [1.29, 1.82) is 0 Å². The van der Waals surface area contributed by atoms with Crippen molar-refractivity contribution in [3.05, 3.63) is 33.9 Å². The average molecular weight is 310 g/mol. The summed E-state index contributed by atoms with van der Waals surface area (Å²) in [5.41, 5.74) is -1.30. The van der Waals surface area contributed by atoms with Gasteiger partial charge in [0.05, 0.1) is 9.82 Å². The molecule has 0 saturated heterocycles. The molecule has 1 aromatic carbocycles. The van der Waals surface area contributed by atoms with Crippen molar-refractivity contribution in [2.75, 3.05) is 6.26 Å². The summed E-state index contributed by atoms with van der Waals surface area (Å²) in [5.74, 6) is -1.68. The molecule has 8 heteroatoms. The van der Waals surface area contributed by atoms with Gasteiger partial charge in [0, 0.05) is 11.6 Å². The van der Waals surface area contributed by atoms with E-state index in [9.17, 15) is 24.8 Å². The van der Waals surface area contributed by atoms with Crippen molar-refractivity contribution in [3.63, 3.8) is 0 Å². The second kappa shape index (κ2) is 5.72. The number of nitro benzene ring substituents is 1. The summed E-state index contributed by atoms with van der Waals surface area (Å²) in [6, 6.07) is 4.13. The molecule has 1 fully saturated rings. The number of rotatable bonds is 5. The number of carboxylic acids is 1. The molecular weight excluding hydrogens is 296 g/mol. The van der Waals surface area contributed by atoms with Crippen LogP contribution in [0.15, 0.2) is 23.1 Å². The van der Waals surface area contributed by atoms with Crippen LogP contribution < -0.4 is 5.32 Å². The highest BCUT2D eigenvalue weighted by molar-refractivity contribution is 7.98. The summed E-state index contributed by atoms with van der Waals surface area (Å²) < 4.78 is 0.